The van der Waals surface area contributed by atoms with Gasteiger partial charge in [-0.1, -0.05) is 26.1 Å². The number of carbonyl (C=O) groups excluding carboxylic acids is 1. The molecule has 1 amide bonds. The predicted molar refractivity (Wildman–Crippen MR) is 74.2 cm³/mol. The van der Waals surface area contributed by atoms with Gasteiger partial charge in [0.25, 0.3) is 0 Å². The van der Waals surface area contributed by atoms with Crippen LogP contribution in [-0.4, -0.2) is 33.2 Å². The van der Waals surface area contributed by atoms with Crippen molar-refractivity contribution in [2.75, 3.05) is 18.1 Å². The van der Waals surface area contributed by atoms with E-state index in [1.165, 1.54) is 0 Å². The van der Waals surface area contributed by atoms with Crippen molar-refractivity contribution in [1.82, 2.24) is 5.32 Å². The van der Waals surface area contributed by atoms with E-state index in [0.29, 0.717) is 24.0 Å². The molecule has 3 N–H and O–H groups in total. The van der Waals surface area contributed by atoms with Gasteiger partial charge < -0.3 is 11.1 Å². The van der Waals surface area contributed by atoms with Crippen molar-refractivity contribution in [2.45, 2.75) is 26.7 Å². The third-order valence-electron chi connectivity index (χ3n) is 3.24. The molecule has 0 spiro atoms. The lowest BCUT2D eigenvalue weighted by Crippen LogP contribution is -2.56. The molecular weight excluding hydrogens is 256 g/mol. The zero-order valence-corrected chi connectivity index (χ0v) is 12.0. The summed E-state index contributed by atoms with van der Waals surface area (Å²) >= 11 is 4.99. The van der Waals surface area contributed by atoms with Crippen LogP contribution in [0.2, 0.25) is 0 Å². The minimum Gasteiger partial charge on any atom is -0.392 e. The van der Waals surface area contributed by atoms with Gasteiger partial charge in [0.2, 0.25) is 5.91 Å². The molecule has 1 unspecified atom stereocenters. The van der Waals surface area contributed by atoms with Crippen LogP contribution in [0.4, 0.5) is 0 Å². The van der Waals surface area contributed by atoms with Crippen molar-refractivity contribution < 1.29 is 9.00 Å². The SMILES string of the molecule is CCS(=O)CCNC(=O)C1(C(N)=S)CC(C)C1. The molecule has 0 saturated heterocycles. The zero-order chi connectivity index (χ0) is 13.1. The monoisotopic (exact) mass is 276 g/mol. The molecule has 1 aliphatic carbocycles. The molecule has 0 radical (unpaired) electrons. The molecule has 1 aliphatic rings. The van der Waals surface area contributed by atoms with Gasteiger partial charge in [0, 0.05) is 28.9 Å². The maximum atomic E-state index is 12.0. The molecule has 17 heavy (non-hydrogen) atoms. The van der Waals surface area contributed by atoms with Crippen LogP contribution in [-0.2, 0) is 15.6 Å². The largest absolute Gasteiger partial charge is 0.392 e. The first-order chi connectivity index (χ1) is 7.92. The van der Waals surface area contributed by atoms with Crippen molar-refractivity contribution in [1.29, 1.82) is 0 Å². The zero-order valence-electron chi connectivity index (χ0n) is 10.3. The van der Waals surface area contributed by atoms with Crippen LogP contribution in [0.1, 0.15) is 26.7 Å². The minimum atomic E-state index is -0.851. The molecular formula is C11H20N2O2S2. The first-order valence-electron chi connectivity index (χ1n) is 5.85. The third kappa shape index (κ3) is 3.25. The number of hydrogen-bond donors (Lipinski definition) is 2. The fourth-order valence-corrected chi connectivity index (χ4v) is 3.10. The number of hydrogen-bond acceptors (Lipinski definition) is 3. The summed E-state index contributed by atoms with van der Waals surface area (Å²) in [6.07, 6.45) is 1.45. The van der Waals surface area contributed by atoms with Gasteiger partial charge >= 0.3 is 0 Å². The lowest BCUT2D eigenvalue weighted by atomic mass is 9.62. The van der Waals surface area contributed by atoms with E-state index in [1.54, 1.807) is 0 Å². The average molecular weight is 276 g/mol. The van der Waals surface area contributed by atoms with Crippen molar-refractivity contribution >= 4 is 33.9 Å². The second-order valence-electron chi connectivity index (χ2n) is 4.65. The van der Waals surface area contributed by atoms with Gasteiger partial charge in [-0.05, 0) is 18.8 Å². The van der Waals surface area contributed by atoms with E-state index in [0.717, 1.165) is 12.8 Å². The summed E-state index contributed by atoms with van der Waals surface area (Å²) in [7, 11) is -0.851. The second-order valence-corrected chi connectivity index (χ2v) is 6.95. The highest BCUT2D eigenvalue weighted by Crippen LogP contribution is 2.45. The minimum absolute atomic E-state index is 0.101. The highest BCUT2D eigenvalue weighted by Gasteiger charge is 2.50. The Kier molecular flexibility index (Phi) is 5.06. The smallest absolute Gasteiger partial charge is 0.233 e. The first kappa shape index (κ1) is 14.6. The molecule has 0 bridgehead atoms. The Morgan fingerprint density at radius 1 is 1.59 bits per heavy atom. The third-order valence-corrected chi connectivity index (χ3v) is 4.93. The van der Waals surface area contributed by atoms with E-state index in [4.69, 9.17) is 18.0 Å². The molecule has 98 valence electrons. The average Bonchev–Trinajstić information content (AvgIpc) is 2.23. The summed E-state index contributed by atoms with van der Waals surface area (Å²) in [5.74, 6) is 1.50. The van der Waals surface area contributed by atoms with Crippen LogP contribution < -0.4 is 11.1 Å². The number of nitrogens with two attached hydrogens (primary N) is 1. The fraction of sp³-hybridized carbons (Fsp3) is 0.818. The van der Waals surface area contributed by atoms with Crippen molar-refractivity contribution in [3.63, 3.8) is 0 Å². The van der Waals surface area contributed by atoms with E-state index >= 15 is 0 Å². The highest BCUT2D eigenvalue weighted by molar-refractivity contribution is 7.84. The predicted octanol–water partition coefficient (Wildman–Crippen LogP) is 0.574. The molecule has 0 aromatic rings. The maximum Gasteiger partial charge on any atom is 0.233 e. The fourth-order valence-electron chi connectivity index (χ4n) is 2.22. The second kappa shape index (κ2) is 5.91. The Hall–Kier alpha value is -0.490. The van der Waals surface area contributed by atoms with Gasteiger partial charge in [-0.3, -0.25) is 9.00 Å². The van der Waals surface area contributed by atoms with Crippen LogP contribution in [0.25, 0.3) is 0 Å². The van der Waals surface area contributed by atoms with Crippen LogP contribution in [0.5, 0.6) is 0 Å². The van der Waals surface area contributed by atoms with E-state index in [2.05, 4.69) is 12.2 Å². The highest BCUT2D eigenvalue weighted by atomic mass is 32.2. The van der Waals surface area contributed by atoms with Gasteiger partial charge in [0.1, 0.15) is 0 Å². The van der Waals surface area contributed by atoms with Crippen molar-refractivity contribution in [2.24, 2.45) is 17.1 Å². The van der Waals surface area contributed by atoms with E-state index in [1.807, 2.05) is 6.92 Å². The summed E-state index contributed by atoms with van der Waals surface area (Å²) in [6, 6.07) is 0. The van der Waals surface area contributed by atoms with Crippen LogP contribution in [0.3, 0.4) is 0 Å². The quantitative estimate of drug-likeness (QED) is 0.696. The van der Waals surface area contributed by atoms with Crippen LogP contribution >= 0.6 is 12.2 Å². The van der Waals surface area contributed by atoms with Gasteiger partial charge in [-0.15, -0.1) is 0 Å². The molecule has 0 aliphatic heterocycles. The molecule has 6 heteroatoms. The Balaban J connectivity index is 2.46. The number of carbonyl (C=O) groups is 1. The Bertz CT molecular complexity index is 338. The topological polar surface area (TPSA) is 72.2 Å². The van der Waals surface area contributed by atoms with Crippen LogP contribution in [0, 0.1) is 11.3 Å². The lowest BCUT2D eigenvalue weighted by Gasteiger charge is -2.44. The molecule has 1 atom stereocenters. The summed E-state index contributed by atoms with van der Waals surface area (Å²) in [4.78, 5) is 12.3. The molecule has 0 aromatic heterocycles. The molecule has 4 nitrogen and oxygen atoms in total. The van der Waals surface area contributed by atoms with Gasteiger partial charge in [-0.25, -0.2) is 0 Å². The van der Waals surface area contributed by atoms with E-state index in [9.17, 15) is 9.00 Å². The van der Waals surface area contributed by atoms with E-state index < -0.39 is 16.2 Å². The lowest BCUT2D eigenvalue weighted by molar-refractivity contribution is -0.132. The molecule has 1 fully saturated rings. The Morgan fingerprint density at radius 3 is 2.59 bits per heavy atom. The standard InChI is InChI=1S/C11H20N2O2S2/c1-3-17(15)5-4-13-10(14)11(9(12)16)6-8(2)7-11/h8H,3-7H2,1-2H3,(H2,12,16)(H,13,14). The molecule has 0 aromatic carbocycles. The summed E-state index contributed by atoms with van der Waals surface area (Å²) in [5, 5.41) is 2.79. The maximum absolute atomic E-state index is 12.0. The van der Waals surface area contributed by atoms with Crippen molar-refractivity contribution in [3.05, 3.63) is 0 Å². The number of amides is 1. The van der Waals surface area contributed by atoms with E-state index in [-0.39, 0.29) is 10.9 Å². The normalized spacial score (nSPS) is 29.2. The number of thiocarbonyl (C=S) groups is 1. The van der Waals surface area contributed by atoms with Gasteiger partial charge in [-0.2, -0.15) is 0 Å². The number of nitrogens with one attached hydrogen (secondary N) is 1. The number of rotatable bonds is 6. The molecule has 1 rings (SSSR count). The Labute approximate surface area is 110 Å². The summed E-state index contributed by atoms with van der Waals surface area (Å²) in [6.45, 7) is 4.37. The van der Waals surface area contributed by atoms with Crippen LogP contribution in [0.15, 0.2) is 0 Å². The summed E-state index contributed by atoms with van der Waals surface area (Å²) in [5.41, 5.74) is 5.01. The summed E-state index contributed by atoms with van der Waals surface area (Å²) < 4.78 is 11.2. The molecule has 1 saturated carbocycles. The van der Waals surface area contributed by atoms with Gasteiger partial charge in [0.05, 0.1) is 10.4 Å². The van der Waals surface area contributed by atoms with Crippen molar-refractivity contribution in [3.8, 4) is 0 Å². The first-order valence-corrected chi connectivity index (χ1v) is 7.75. The van der Waals surface area contributed by atoms with Gasteiger partial charge in [0.15, 0.2) is 0 Å². The Morgan fingerprint density at radius 2 is 2.18 bits per heavy atom. The molecule has 0 heterocycles.